The predicted octanol–water partition coefficient (Wildman–Crippen LogP) is 3.71. The number of aryl methyl sites for hydroxylation is 1. The number of nitrogens with zero attached hydrogens (tertiary/aromatic N) is 1. The minimum absolute atomic E-state index is 0.0128. The summed E-state index contributed by atoms with van der Waals surface area (Å²) in [5.41, 5.74) is 3.48. The van der Waals surface area contributed by atoms with Crippen LogP contribution in [0.5, 0.6) is 0 Å². The van der Waals surface area contributed by atoms with Gasteiger partial charge in [0.25, 0.3) is 0 Å². The molecule has 2 aromatic carbocycles. The molecule has 0 aromatic heterocycles. The largest absolute Gasteiger partial charge is 0.326 e. The van der Waals surface area contributed by atoms with Crippen molar-refractivity contribution in [2.24, 2.45) is 0 Å². The van der Waals surface area contributed by atoms with Crippen LogP contribution >= 0.6 is 11.8 Å². The highest BCUT2D eigenvalue weighted by atomic mass is 32.2. The Morgan fingerprint density at radius 3 is 2.70 bits per heavy atom. The van der Waals surface area contributed by atoms with Gasteiger partial charge < -0.3 is 15.5 Å². The molecule has 2 amide bonds. The summed E-state index contributed by atoms with van der Waals surface area (Å²) in [5, 5.41) is 5.95. The Morgan fingerprint density at radius 1 is 1.15 bits per heavy atom. The van der Waals surface area contributed by atoms with Gasteiger partial charge in [0.15, 0.2) is 0 Å². The Morgan fingerprint density at radius 2 is 1.93 bits per heavy atom. The second kappa shape index (κ2) is 8.59. The van der Waals surface area contributed by atoms with Crippen molar-refractivity contribution in [2.75, 3.05) is 37.0 Å². The maximum Gasteiger partial charge on any atom is 0.232 e. The number of rotatable bonds is 6. The van der Waals surface area contributed by atoms with Gasteiger partial charge in [-0.15, -0.1) is 11.8 Å². The Kier molecular flexibility index (Phi) is 6.19. The molecule has 1 unspecified atom stereocenters. The summed E-state index contributed by atoms with van der Waals surface area (Å²) in [6, 6.07) is 13.7. The molecular formula is C21H25N3O2S. The molecule has 1 aliphatic rings. The number of nitrogens with one attached hydrogen (secondary N) is 2. The van der Waals surface area contributed by atoms with Gasteiger partial charge in [-0.25, -0.2) is 0 Å². The molecule has 5 nitrogen and oxygen atoms in total. The Bertz CT molecular complexity index is 851. The highest BCUT2D eigenvalue weighted by molar-refractivity contribution is 7.99. The van der Waals surface area contributed by atoms with Gasteiger partial charge in [0.1, 0.15) is 0 Å². The molecule has 142 valence electrons. The van der Waals surface area contributed by atoms with Crippen LogP contribution in [0, 0.1) is 6.92 Å². The normalized spacial score (nSPS) is 15.5. The smallest absolute Gasteiger partial charge is 0.232 e. The molecule has 3 rings (SSSR count). The average molecular weight is 384 g/mol. The number of benzene rings is 2. The van der Waals surface area contributed by atoms with Gasteiger partial charge in [0, 0.05) is 35.0 Å². The first kappa shape index (κ1) is 19.5. The first-order valence-electron chi connectivity index (χ1n) is 9.02. The molecule has 0 aliphatic carbocycles. The van der Waals surface area contributed by atoms with E-state index in [0.29, 0.717) is 18.7 Å². The van der Waals surface area contributed by atoms with Crippen molar-refractivity contribution in [3.05, 3.63) is 53.6 Å². The second-order valence-corrected chi connectivity index (χ2v) is 8.08. The molecule has 1 atom stereocenters. The lowest BCUT2D eigenvalue weighted by Crippen LogP contribution is -2.22. The fourth-order valence-electron chi connectivity index (χ4n) is 2.98. The maximum absolute atomic E-state index is 12.8. The van der Waals surface area contributed by atoms with Gasteiger partial charge in [-0.2, -0.15) is 0 Å². The number of hydrogen-bond acceptors (Lipinski definition) is 4. The first-order chi connectivity index (χ1) is 12.9. The SMILES string of the molecule is Cc1ccc(NC(=O)C2CSc3ccccc32)cc1NC(=O)CCN(C)C. The molecule has 1 heterocycles. The number of anilines is 2. The fraction of sp³-hybridized carbons (Fsp3) is 0.333. The zero-order chi connectivity index (χ0) is 19.4. The monoisotopic (exact) mass is 383 g/mol. The summed E-state index contributed by atoms with van der Waals surface area (Å²) >= 11 is 1.71. The van der Waals surface area contributed by atoms with Gasteiger partial charge in [-0.1, -0.05) is 24.3 Å². The molecule has 27 heavy (non-hydrogen) atoms. The van der Waals surface area contributed by atoms with Gasteiger partial charge in [0.2, 0.25) is 11.8 Å². The number of thioether (sulfide) groups is 1. The van der Waals surface area contributed by atoms with Crippen LogP contribution in [0.1, 0.15) is 23.5 Å². The molecular weight excluding hydrogens is 358 g/mol. The number of carbonyl (C=O) groups excluding carboxylic acids is 2. The summed E-state index contributed by atoms with van der Waals surface area (Å²) < 4.78 is 0. The van der Waals surface area contributed by atoms with E-state index in [-0.39, 0.29) is 17.7 Å². The third-order valence-corrected chi connectivity index (χ3v) is 5.76. The summed E-state index contributed by atoms with van der Waals surface area (Å²) in [4.78, 5) is 28.0. The summed E-state index contributed by atoms with van der Waals surface area (Å²) in [5.74, 6) is 0.564. The topological polar surface area (TPSA) is 61.4 Å². The van der Waals surface area contributed by atoms with Crippen LogP contribution in [0.4, 0.5) is 11.4 Å². The molecule has 6 heteroatoms. The van der Waals surface area contributed by atoms with Crippen LogP contribution < -0.4 is 10.6 Å². The van der Waals surface area contributed by atoms with Crippen molar-refractivity contribution >= 4 is 35.0 Å². The van der Waals surface area contributed by atoms with Crippen molar-refractivity contribution in [2.45, 2.75) is 24.2 Å². The van der Waals surface area contributed by atoms with E-state index >= 15 is 0 Å². The molecule has 0 saturated heterocycles. The zero-order valence-corrected chi connectivity index (χ0v) is 16.7. The number of amides is 2. The fourth-order valence-corrected chi connectivity index (χ4v) is 4.21. The standard InChI is InChI=1S/C21H25N3O2S/c1-14-8-9-15(12-18(14)23-20(25)10-11-24(2)3)22-21(26)17-13-27-19-7-5-4-6-16(17)19/h4-9,12,17H,10-11,13H2,1-3H3,(H,22,26)(H,23,25). The number of carbonyl (C=O) groups is 2. The minimum atomic E-state index is -0.148. The summed E-state index contributed by atoms with van der Waals surface area (Å²) in [7, 11) is 3.88. The Labute approximate surface area is 164 Å². The van der Waals surface area contributed by atoms with Crippen molar-refractivity contribution < 1.29 is 9.59 Å². The first-order valence-corrected chi connectivity index (χ1v) is 10.0. The molecule has 2 aromatic rings. The molecule has 2 N–H and O–H groups in total. The van der Waals surface area contributed by atoms with Crippen LogP contribution in [0.2, 0.25) is 0 Å². The van der Waals surface area contributed by atoms with Crippen LogP contribution in [0.15, 0.2) is 47.4 Å². The van der Waals surface area contributed by atoms with Gasteiger partial charge in [0.05, 0.1) is 5.92 Å². The molecule has 0 saturated carbocycles. The van der Waals surface area contributed by atoms with Crippen LogP contribution in [0.3, 0.4) is 0 Å². The summed E-state index contributed by atoms with van der Waals surface area (Å²) in [6.45, 7) is 2.64. The lowest BCUT2D eigenvalue weighted by atomic mass is 10.0. The highest BCUT2D eigenvalue weighted by Crippen LogP contribution is 2.39. The predicted molar refractivity (Wildman–Crippen MR) is 112 cm³/mol. The Hall–Kier alpha value is -2.31. The minimum Gasteiger partial charge on any atom is -0.326 e. The van der Waals surface area contributed by atoms with Gasteiger partial charge >= 0.3 is 0 Å². The van der Waals surface area contributed by atoms with Crippen LogP contribution in [-0.4, -0.2) is 43.1 Å². The van der Waals surface area contributed by atoms with Gasteiger partial charge in [-0.05, 0) is 50.3 Å². The quantitative estimate of drug-likeness (QED) is 0.798. The number of hydrogen-bond donors (Lipinski definition) is 2. The molecule has 0 spiro atoms. The molecule has 0 radical (unpaired) electrons. The lowest BCUT2D eigenvalue weighted by molar-refractivity contribution is -0.117. The average Bonchev–Trinajstić information content (AvgIpc) is 3.07. The highest BCUT2D eigenvalue weighted by Gasteiger charge is 2.29. The van der Waals surface area contributed by atoms with Crippen molar-refractivity contribution in [3.63, 3.8) is 0 Å². The maximum atomic E-state index is 12.8. The van der Waals surface area contributed by atoms with Crippen molar-refractivity contribution in [1.82, 2.24) is 4.90 Å². The molecule has 0 bridgehead atoms. The zero-order valence-electron chi connectivity index (χ0n) is 15.9. The third-order valence-electron chi connectivity index (χ3n) is 4.58. The van der Waals surface area contributed by atoms with E-state index in [9.17, 15) is 9.59 Å². The van der Waals surface area contributed by atoms with E-state index in [4.69, 9.17) is 0 Å². The van der Waals surface area contributed by atoms with E-state index in [2.05, 4.69) is 16.7 Å². The number of fused-ring (bicyclic) bond motifs is 1. The van der Waals surface area contributed by atoms with E-state index in [1.807, 2.05) is 62.3 Å². The second-order valence-electron chi connectivity index (χ2n) is 7.02. The van der Waals surface area contributed by atoms with Gasteiger partial charge in [-0.3, -0.25) is 9.59 Å². The summed E-state index contributed by atoms with van der Waals surface area (Å²) in [6.07, 6.45) is 0.430. The van der Waals surface area contributed by atoms with Crippen molar-refractivity contribution in [3.8, 4) is 0 Å². The van der Waals surface area contributed by atoms with E-state index in [1.165, 1.54) is 4.90 Å². The van der Waals surface area contributed by atoms with E-state index in [1.54, 1.807) is 11.8 Å². The van der Waals surface area contributed by atoms with E-state index in [0.717, 1.165) is 22.6 Å². The third kappa shape index (κ3) is 4.90. The van der Waals surface area contributed by atoms with Crippen LogP contribution in [0.25, 0.3) is 0 Å². The lowest BCUT2D eigenvalue weighted by Gasteiger charge is -2.15. The van der Waals surface area contributed by atoms with Crippen LogP contribution in [-0.2, 0) is 9.59 Å². The Balaban J connectivity index is 1.67. The molecule has 0 fully saturated rings. The van der Waals surface area contributed by atoms with Crippen molar-refractivity contribution in [1.29, 1.82) is 0 Å². The molecule has 1 aliphatic heterocycles. The van der Waals surface area contributed by atoms with E-state index < -0.39 is 0 Å².